The zero-order valence-corrected chi connectivity index (χ0v) is 10.7. The third-order valence-electron chi connectivity index (χ3n) is 3.19. The van der Waals surface area contributed by atoms with Gasteiger partial charge >= 0.3 is 5.97 Å². The zero-order valence-electron chi connectivity index (χ0n) is 10.7. The van der Waals surface area contributed by atoms with E-state index in [2.05, 4.69) is 5.32 Å². The number of rotatable bonds is 4. The highest BCUT2D eigenvalue weighted by Gasteiger charge is 2.10. The summed E-state index contributed by atoms with van der Waals surface area (Å²) in [6, 6.07) is 14.6. The number of aromatic carboxylic acids is 1. The molecule has 2 aromatic carbocycles. The van der Waals surface area contributed by atoms with Crippen LogP contribution in [-0.4, -0.2) is 11.1 Å². The van der Waals surface area contributed by atoms with Gasteiger partial charge in [-0.15, -0.1) is 0 Å². The van der Waals surface area contributed by atoms with Crippen LogP contribution in [0.4, 0.5) is 5.69 Å². The SMILES string of the molecule is O=C(O)c1ccc(NCc2ccco2)c2ccccc12. The minimum absolute atomic E-state index is 0.309. The Morgan fingerprint density at radius 1 is 1.05 bits per heavy atom. The number of hydrogen-bond donors (Lipinski definition) is 2. The summed E-state index contributed by atoms with van der Waals surface area (Å²) in [4.78, 5) is 11.2. The summed E-state index contributed by atoms with van der Waals surface area (Å²) < 4.78 is 5.27. The molecule has 0 aliphatic rings. The van der Waals surface area contributed by atoms with Gasteiger partial charge in [0.15, 0.2) is 0 Å². The third kappa shape index (κ3) is 2.23. The molecule has 0 spiro atoms. The Morgan fingerprint density at radius 2 is 1.85 bits per heavy atom. The number of nitrogens with one attached hydrogen (secondary N) is 1. The maximum Gasteiger partial charge on any atom is 0.336 e. The van der Waals surface area contributed by atoms with Gasteiger partial charge in [0, 0.05) is 11.1 Å². The molecule has 0 aliphatic heterocycles. The summed E-state index contributed by atoms with van der Waals surface area (Å²) in [6.45, 7) is 0.559. The largest absolute Gasteiger partial charge is 0.478 e. The van der Waals surface area contributed by atoms with Gasteiger partial charge in [-0.3, -0.25) is 0 Å². The molecule has 0 bridgehead atoms. The molecule has 0 saturated heterocycles. The van der Waals surface area contributed by atoms with Crippen LogP contribution >= 0.6 is 0 Å². The maximum absolute atomic E-state index is 11.2. The van der Waals surface area contributed by atoms with Crippen molar-refractivity contribution in [3.63, 3.8) is 0 Å². The molecule has 4 heteroatoms. The number of carbonyl (C=O) groups is 1. The number of hydrogen-bond acceptors (Lipinski definition) is 3. The fourth-order valence-electron chi connectivity index (χ4n) is 2.24. The minimum atomic E-state index is -0.918. The number of fused-ring (bicyclic) bond motifs is 1. The molecule has 0 aliphatic carbocycles. The summed E-state index contributed by atoms with van der Waals surface area (Å²) in [5.74, 6) is -0.0878. The van der Waals surface area contributed by atoms with E-state index in [1.54, 1.807) is 18.4 Å². The molecule has 2 N–H and O–H groups in total. The number of anilines is 1. The van der Waals surface area contributed by atoms with Crippen LogP contribution in [0, 0.1) is 0 Å². The lowest BCUT2D eigenvalue weighted by Crippen LogP contribution is -2.02. The van der Waals surface area contributed by atoms with Gasteiger partial charge < -0.3 is 14.8 Å². The van der Waals surface area contributed by atoms with E-state index in [0.29, 0.717) is 12.1 Å². The molecule has 0 amide bonds. The van der Waals surface area contributed by atoms with Gasteiger partial charge in [-0.25, -0.2) is 4.79 Å². The van der Waals surface area contributed by atoms with Crippen molar-refractivity contribution in [1.29, 1.82) is 0 Å². The highest BCUT2D eigenvalue weighted by Crippen LogP contribution is 2.27. The van der Waals surface area contributed by atoms with Crippen LogP contribution in [0.2, 0.25) is 0 Å². The predicted octanol–water partition coefficient (Wildman–Crippen LogP) is 3.74. The summed E-state index contributed by atoms with van der Waals surface area (Å²) in [7, 11) is 0. The smallest absolute Gasteiger partial charge is 0.336 e. The number of furan rings is 1. The Hall–Kier alpha value is -2.75. The van der Waals surface area contributed by atoms with E-state index in [-0.39, 0.29) is 0 Å². The van der Waals surface area contributed by atoms with Crippen LogP contribution in [0.5, 0.6) is 0 Å². The first-order chi connectivity index (χ1) is 9.75. The summed E-state index contributed by atoms with van der Waals surface area (Å²) >= 11 is 0. The lowest BCUT2D eigenvalue weighted by Gasteiger charge is -2.10. The summed E-state index contributed by atoms with van der Waals surface area (Å²) in [6.07, 6.45) is 1.63. The Morgan fingerprint density at radius 3 is 2.55 bits per heavy atom. The lowest BCUT2D eigenvalue weighted by atomic mass is 10.0. The molecule has 100 valence electrons. The normalized spacial score (nSPS) is 10.6. The monoisotopic (exact) mass is 267 g/mol. The number of carboxylic acids is 1. The van der Waals surface area contributed by atoms with E-state index >= 15 is 0 Å². The predicted molar refractivity (Wildman–Crippen MR) is 76.9 cm³/mol. The molecular weight excluding hydrogens is 254 g/mol. The van der Waals surface area contributed by atoms with Crippen molar-refractivity contribution in [3.8, 4) is 0 Å². The van der Waals surface area contributed by atoms with Crippen molar-refractivity contribution in [2.24, 2.45) is 0 Å². The van der Waals surface area contributed by atoms with Crippen molar-refractivity contribution in [2.45, 2.75) is 6.54 Å². The van der Waals surface area contributed by atoms with Crippen molar-refractivity contribution < 1.29 is 14.3 Å². The van der Waals surface area contributed by atoms with E-state index in [4.69, 9.17) is 4.42 Å². The topological polar surface area (TPSA) is 62.5 Å². The van der Waals surface area contributed by atoms with Gasteiger partial charge in [-0.1, -0.05) is 24.3 Å². The quantitative estimate of drug-likeness (QED) is 0.755. The number of benzene rings is 2. The highest BCUT2D eigenvalue weighted by molar-refractivity contribution is 6.07. The van der Waals surface area contributed by atoms with Crippen LogP contribution in [0.25, 0.3) is 10.8 Å². The Balaban J connectivity index is 1.99. The van der Waals surface area contributed by atoms with Crippen LogP contribution in [0.15, 0.2) is 59.2 Å². The Labute approximate surface area is 115 Å². The van der Waals surface area contributed by atoms with Crippen LogP contribution < -0.4 is 5.32 Å². The minimum Gasteiger partial charge on any atom is -0.478 e. The molecule has 0 unspecified atom stereocenters. The first-order valence-electron chi connectivity index (χ1n) is 6.27. The van der Waals surface area contributed by atoms with Crippen LogP contribution in [0.3, 0.4) is 0 Å². The van der Waals surface area contributed by atoms with Gasteiger partial charge in [0.2, 0.25) is 0 Å². The first-order valence-corrected chi connectivity index (χ1v) is 6.27. The van der Waals surface area contributed by atoms with Crippen molar-refractivity contribution in [3.05, 3.63) is 66.1 Å². The molecule has 0 fully saturated rings. The zero-order chi connectivity index (χ0) is 13.9. The highest BCUT2D eigenvalue weighted by atomic mass is 16.4. The van der Waals surface area contributed by atoms with E-state index in [0.717, 1.165) is 22.2 Å². The second kappa shape index (κ2) is 5.09. The van der Waals surface area contributed by atoms with Crippen molar-refractivity contribution in [2.75, 3.05) is 5.32 Å². The molecular formula is C16H13NO3. The average Bonchev–Trinajstić information content (AvgIpc) is 2.97. The fraction of sp³-hybridized carbons (Fsp3) is 0.0625. The second-order valence-corrected chi connectivity index (χ2v) is 4.44. The lowest BCUT2D eigenvalue weighted by molar-refractivity contribution is 0.0699. The molecule has 3 aromatic rings. The third-order valence-corrected chi connectivity index (χ3v) is 3.19. The molecule has 1 heterocycles. The van der Waals surface area contributed by atoms with Gasteiger partial charge in [-0.2, -0.15) is 0 Å². The summed E-state index contributed by atoms with van der Waals surface area (Å²) in [5, 5.41) is 14.1. The molecule has 3 rings (SSSR count). The van der Waals surface area contributed by atoms with E-state index < -0.39 is 5.97 Å². The average molecular weight is 267 g/mol. The second-order valence-electron chi connectivity index (χ2n) is 4.44. The van der Waals surface area contributed by atoms with Crippen molar-refractivity contribution >= 4 is 22.4 Å². The molecule has 0 saturated carbocycles. The molecule has 20 heavy (non-hydrogen) atoms. The van der Waals surface area contributed by atoms with Gasteiger partial charge in [0.1, 0.15) is 5.76 Å². The summed E-state index contributed by atoms with van der Waals surface area (Å²) in [5.41, 5.74) is 1.20. The first kappa shape index (κ1) is 12.3. The molecule has 0 radical (unpaired) electrons. The fourth-order valence-corrected chi connectivity index (χ4v) is 2.24. The van der Waals surface area contributed by atoms with E-state index in [1.807, 2.05) is 36.4 Å². The Kier molecular flexibility index (Phi) is 3.13. The molecule has 4 nitrogen and oxygen atoms in total. The standard InChI is InChI=1S/C16H13NO3/c18-16(19)14-7-8-15(13-6-2-1-5-12(13)14)17-10-11-4-3-9-20-11/h1-9,17H,10H2,(H,18,19). The van der Waals surface area contributed by atoms with Crippen LogP contribution in [-0.2, 0) is 6.54 Å². The van der Waals surface area contributed by atoms with E-state index in [1.165, 1.54) is 0 Å². The van der Waals surface area contributed by atoms with Gasteiger partial charge in [0.25, 0.3) is 0 Å². The number of carboxylic acid groups (broad SMARTS) is 1. The van der Waals surface area contributed by atoms with Crippen molar-refractivity contribution in [1.82, 2.24) is 0 Å². The van der Waals surface area contributed by atoms with Gasteiger partial charge in [-0.05, 0) is 29.7 Å². The Bertz CT molecular complexity index is 748. The van der Waals surface area contributed by atoms with E-state index in [9.17, 15) is 9.90 Å². The molecule has 1 aromatic heterocycles. The van der Waals surface area contributed by atoms with Gasteiger partial charge in [0.05, 0.1) is 18.4 Å². The maximum atomic E-state index is 11.2. The molecule has 0 atom stereocenters. The van der Waals surface area contributed by atoms with Crippen LogP contribution in [0.1, 0.15) is 16.1 Å².